The second-order valence-corrected chi connectivity index (χ2v) is 5.74. The third-order valence-corrected chi connectivity index (χ3v) is 4.05. The molecule has 1 unspecified atom stereocenters. The van der Waals surface area contributed by atoms with E-state index in [2.05, 4.69) is 11.4 Å². The van der Waals surface area contributed by atoms with Crippen molar-refractivity contribution < 1.29 is 14.4 Å². The number of anilines is 1. The van der Waals surface area contributed by atoms with Crippen molar-refractivity contribution in [1.82, 2.24) is 0 Å². The van der Waals surface area contributed by atoms with Crippen molar-refractivity contribution in [3.8, 4) is 11.8 Å². The van der Waals surface area contributed by atoms with Crippen molar-refractivity contribution in [1.29, 1.82) is 5.26 Å². The molecule has 0 heterocycles. The van der Waals surface area contributed by atoms with Crippen molar-refractivity contribution >= 4 is 11.6 Å². The molecule has 0 spiro atoms. The summed E-state index contributed by atoms with van der Waals surface area (Å²) >= 11 is 0. The van der Waals surface area contributed by atoms with E-state index in [0.29, 0.717) is 17.8 Å². The van der Waals surface area contributed by atoms with Crippen LogP contribution in [0.4, 0.5) is 5.69 Å². The van der Waals surface area contributed by atoms with E-state index in [9.17, 15) is 4.79 Å². The Morgan fingerprint density at radius 2 is 2.04 bits per heavy atom. The standard InChI is InChI=1S/C19H21N3O2/c1-14(19(23)21-18-10-5-4-8-16(18)12-20)22(2)13-15-7-6-9-17(11-15)24-3/h4-11,14H,13H2,1-3H3,(H,21,23)/p+1/t14-/m1/s1. The number of carbonyl (C=O) groups excluding carboxylic acids is 1. The van der Waals surface area contributed by atoms with Crippen LogP contribution in [0.1, 0.15) is 18.1 Å². The number of nitrogens with zero attached hydrogens (tertiary/aromatic N) is 1. The Balaban J connectivity index is 2.03. The lowest BCUT2D eigenvalue weighted by atomic mass is 10.1. The summed E-state index contributed by atoms with van der Waals surface area (Å²) in [4.78, 5) is 13.5. The second-order valence-electron chi connectivity index (χ2n) is 5.74. The number of nitrogens with one attached hydrogen (secondary N) is 2. The van der Waals surface area contributed by atoms with Crippen molar-refractivity contribution in [2.45, 2.75) is 19.5 Å². The summed E-state index contributed by atoms with van der Waals surface area (Å²) < 4.78 is 5.23. The number of hydrogen-bond donors (Lipinski definition) is 2. The van der Waals surface area contributed by atoms with E-state index >= 15 is 0 Å². The number of quaternary nitrogens is 1. The smallest absolute Gasteiger partial charge is 0.282 e. The van der Waals surface area contributed by atoms with Crippen molar-refractivity contribution in [2.24, 2.45) is 0 Å². The highest BCUT2D eigenvalue weighted by Gasteiger charge is 2.22. The van der Waals surface area contributed by atoms with E-state index in [1.165, 1.54) is 0 Å². The summed E-state index contributed by atoms with van der Waals surface area (Å²) in [7, 11) is 3.61. The molecule has 0 aliphatic heterocycles. The Morgan fingerprint density at radius 1 is 1.29 bits per heavy atom. The van der Waals surface area contributed by atoms with Crippen LogP contribution in [-0.4, -0.2) is 26.1 Å². The van der Waals surface area contributed by atoms with Gasteiger partial charge in [-0.2, -0.15) is 5.26 Å². The van der Waals surface area contributed by atoms with Gasteiger partial charge in [-0.1, -0.05) is 24.3 Å². The molecule has 0 saturated heterocycles. The maximum Gasteiger partial charge on any atom is 0.282 e. The topological polar surface area (TPSA) is 66.6 Å². The monoisotopic (exact) mass is 324 g/mol. The van der Waals surface area contributed by atoms with E-state index in [1.54, 1.807) is 31.4 Å². The molecule has 0 bridgehead atoms. The minimum atomic E-state index is -0.261. The fourth-order valence-electron chi connectivity index (χ4n) is 2.41. The Morgan fingerprint density at radius 3 is 2.75 bits per heavy atom. The van der Waals surface area contributed by atoms with Crippen molar-refractivity contribution in [2.75, 3.05) is 19.5 Å². The molecule has 1 amide bonds. The van der Waals surface area contributed by atoms with Gasteiger partial charge < -0.3 is 15.0 Å². The van der Waals surface area contributed by atoms with Gasteiger partial charge in [-0.3, -0.25) is 4.79 Å². The summed E-state index contributed by atoms with van der Waals surface area (Å²) in [6, 6.07) is 16.6. The van der Waals surface area contributed by atoms with Crippen molar-refractivity contribution in [3.05, 3.63) is 59.7 Å². The minimum Gasteiger partial charge on any atom is -0.497 e. The predicted molar refractivity (Wildman–Crippen MR) is 92.8 cm³/mol. The summed E-state index contributed by atoms with van der Waals surface area (Å²) in [6.07, 6.45) is 0. The molecule has 2 rings (SSSR count). The van der Waals surface area contributed by atoms with Crippen LogP contribution in [0.3, 0.4) is 0 Å². The summed E-state index contributed by atoms with van der Waals surface area (Å²) in [5, 5.41) is 11.9. The molecule has 2 aromatic rings. The van der Waals surface area contributed by atoms with Gasteiger partial charge >= 0.3 is 0 Å². The van der Waals surface area contributed by atoms with E-state index < -0.39 is 0 Å². The van der Waals surface area contributed by atoms with Gasteiger partial charge in [0, 0.05) is 5.56 Å². The molecule has 24 heavy (non-hydrogen) atoms. The molecule has 0 aliphatic carbocycles. The van der Waals surface area contributed by atoms with Crippen LogP contribution in [0.5, 0.6) is 5.75 Å². The van der Waals surface area contributed by atoms with Crippen LogP contribution in [0, 0.1) is 11.3 Å². The normalized spacial score (nSPS) is 12.8. The molecule has 0 fully saturated rings. The van der Waals surface area contributed by atoms with E-state index in [-0.39, 0.29) is 11.9 Å². The molecule has 5 nitrogen and oxygen atoms in total. The number of hydrogen-bond acceptors (Lipinski definition) is 3. The first-order valence-corrected chi connectivity index (χ1v) is 7.80. The van der Waals surface area contributed by atoms with Gasteiger partial charge in [0.1, 0.15) is 18.4 Å². The van der Waals surface area contributed by atoms with Gasteiger partial charge in [-0.15, -0.1) is 0 Å². The van der Waals surface area contributed by atoms with Crippen LogP contribution >= 0.6 is 0 Å². The number of rotatable bonds is 6. The molecule has 2 aromatic carbocycles. The molecule has 0 radical (unpaired) electrons. The van der Waals surface area contributed by atoms with Crippen LogP contribution in [0.25, 0.3) is 0 Å². The quantitative estimate of drug-likeness (QED) is 0.848. The lowest BCUT2D eigenvalue weighted by molar-refractivity contribution is -0.907. The Labute approximate surface area is 142 Å². The van der Waals surface area contributed by atoms with E-state index in [4.69, 9.17) is 10.00 Å². The van der Waals surface area contributed by atoms with Crippen LogP contribution in [0.15, 0.2) is 48.5 Å². The number of benzene rings is 2. The fraction of sp³-hybridized carbons (Fsp3) is 0.263. The molecule has 124 valence electrons. The molecular formula is C19H22N3O2+. The highest BCUT2D eigenvalue weighted by atomic mass is 16.5. The van der Waals surface area contributed by atoms with Gasteiger partial charge in [0.25, 0.3) is 5.91 Å². The number of carbonyl (C=O) groups is 1. The van der Waals surface area contributed by atoms with Crippen LogP contribution in [-0.2, 0) is 11.3 Å². The van der Waals surface area contributed by atoms with Crippen LogP contribution in [0.2, 0.25) is 0 Å². The largest absolute Gasteiger partial charge is 0.497 e. The number of para-hydroxylation sites is 1. The second kappa shape index (κ2) is 8.14. The van der Waals surface area contributed by atoms with E-state index in [0.717, 1.165) is 16.2 Å². The molecule has 2 N–H and O–H groups in total. The number of likely N-dealkylation sites (N-methyl/N-ethyl adjacent to an activating group) is 1. The Hall–Kier alpha value is -2.84. The van der Waals surface area contributed by atoms with Gasteiger partial charge in [-0.05, 0) is 31.2 Å². The Bertz CT molecular complexity index is 752. The summed E-state index contributed by atoms with van der Waals surface area (Å²) in [6.45, 7) is 2.57. The zero-order valence-electron chi connectivity index (χ0n) is 14.2. The maximum atomic E-state index is 12.5. The zero-order chi connectivity index (χ0) is 17.5. The van der Waals surface area contributed by atoms with Gasteiger partial charge in [0.2, 0.25) is 0 Å². The average molecular weight is 324 g/mol. The first-order valence-electron chi connectivity index (χ1n) is 7.80. The summed E-state index contributed by atoms with van der Waals surface area (Å²) in [5.74, 6) is 0.693. The zero-order valence-corrected chi connectivity index (χ0v) is 14.2. The lowest BCUT2D eigenvalue weighted by Gasteiger charge is -2.21. The molecule has 2 atom stereocenters. The van der Waals surface area contributed by atoms with Gasteiger partial charge in [0.15, 0.2) is 6.04 Å². The summed E-state index contributed by atoms with van der Waals surface area (Å²) in [5.41, 5.74) is 2.11. The highest BCUT2D eigenvalue weighted by Crippen LogP contribution is 2.14. The Kier molecular flexibility index (Phi) is 5.94. The van der Waals surface area contributed by atoms with Gasteiger partial charge in [0.05, 0.1) is 25.4 Å². The average Bonchev–Trinajstić information content (AvgIpc) is 2.61. The van der Waals surface area contributed by atoms with Gasteiger partial charge in [-0.25, -0.2) is 0 Å². The molecule has 0 saturated carbocycles. The first-order chi connectivity index (χ1) is 11.5. The fourth-order valence-corrected chi connectivity index (χ4v) is 2.41. The van der Waals surface area contributed by atoms with E-state index in [1.807, 2.05) is 38.2 Å². The number of amides is 1. The number of methoxy groups -OCH3 is 1. The SMILES string of the molecule is COc1cccc(C[NH+](C)[C@H](C)C(=O)Nc2ccccc2C#N)c1. The molecule has 5 heteroatoms. The van der Waals surface area contributed by atoms with Crippen molar-refractivity contribution in [3.63, 3.8) is 0 Å². The lowest BCUT2D eigenvalue weighted by Crippen LogP contribution is -3.12. The third kappa shape index (κ3) is 4.34. The maximum absolute atomic E-state index is 12.5. The highest BCUT2D eigenvalue weighted by molar-refractivity contribution is 5.94. The molecular weight excluding hydrogens is 302 g/mol. The van der Waals surface area contributed by atoms with Crippen LogP contribution < -0.4 is 15.0 Å². The number of ether oxygens (including phenoxy) is 1. The third-order valence-electron chi connectivity index (χ3n) is 4.05. The minimum absolute atomic E-state index is 0.113. The predicted octanol–water partition coefficient (Wildman–Crippen LogP) is 1.61. The first kappa shape index (κ1) is 17.5. The molecule has 0 aliphatic rings. The number of nitriles is 1. The molecule has 0 aromatic heterocycles.